The third kappa shape index (κ3) is 9.39. The number of hydrogen-bond donors (Lipinski definition) is 1. The van der Waals surface area contributed by atoms with E-state index < -0.39 is 28.5 Å². The minimum absolute atomic E-state index is 0.0411. The van der Waals surface area contributed by atoms with E-state index >= 15 is 0 Å². The van der Waals surface area contributed by atoms with Gasteiger partial charge in [0, 0.05) is 23.9 Å². The smallest absolute Gasteiger partial charge is 0.264 e. The van der Waals surface area contributed by atoms with E-state index in [1.165, 1.54) is 16.7 Å². The van der Waals surface area contributed by atoms with Crippen molar-refractivity contribution < 1.29 is 22.7 Å². The van der Waals surface area contributed by atoms with Crippen LogP contribution in [0.3, 0.4) is 0 Å². The fourth-order valence-corrected chi connectivity index (χ4v) is 6.94. The molecule has 0 radical (unpaired) electrons. The van der Waals surface area contributed by atoms with Crippen molar-refractivity contribution in [2.24, 2.45) is 0 Å². The normalized spacial score (nSPS) is 12.5. The van der Waals surface area contributed by atoms with Gasteiger partial charge in [-0.1, -0.05) is 79.7 Å². The van der Waals surface area contributed by atoms with Gasteiger partial charge in [0.1, 0.15) is 18.3 Å². The number of sulfonamides is 1. The zero-order valence-electron chi connectivity index (χ0n) is 27.3. The van der Waals surface area contributed by atoms with E-state index in [4.69, 9.17) is 4.74 Å². The summed E-state index contributed by atoms with van der Waals surface area (Å²) < 4.78 is 35.7. The first kappa shape index (κ1) is 35.6. The molecule has 47 heavy (non-hydrogen) atoms. The Hall–Kier alpha value is -4.28. The summed E-state index contributed by atoms with van der Waals surface area (Å²) in [4.78, 5) is 31.1. The molecule has 0 fully saturated rings. The van der Waals surface area contributed by atoms with Gasteiger partial charge in [-0.2, -0.15) is 0 Å². The molecule has 0 bridgehead atoms. The molecule has 2 atom stereocenters. The molecule has 0 saturated carbocycles. The van der Waals surface area contributed by atoms with Crippen LogP contribution in [0.2, 0.25) is 0 Å². The van der Waals surface area contributed by atoms with Crippen molar-refractivity contribution in [2.75, 3.05) is 23.7 Å². The van der Waals surface area contributed by atoms with Gasteiger partial charge >= 0.3 is 0 Å². The summed E-state index contributed by atoms with van der Waals surface area (Å²) >= 11 is 1.50. The lowest BCUT2D eigenvalue weighted by molar-refractivity contribution is -0.140. The highest BCUT2D eigenvalue weighted by atomic mass is 32.2. The van der Waals surface area contributed by atoms with Crippen LogP contribution in [-0.4, -0.2) is 56.6 Å². The summed E-state index contributed by atoms with van der Waals surface area (Å²) in [7, 11) is -4.25. The summed E-state index contributed by atoms with van der Waals surface area (Å²) in [6.07, 6.45) is 2.88. The number of ether oxygens (including phenoxy) is 1. The molecule has 10 heteroatoms. The standard InChI is InChI=1S/C37H43N3O5S2/c1-5-28(3)38-37(42)34(25-29-15-9-7-10-16-29)39(26-30-17-11-8-12-18-30)36(41)27-40(33-19-13-14-20-35(33)45-6-2)47(43,44)32-23-21-31(46-4)22-24-32/h7-24,28,34H,5-6,25-27H2,1-4H3,(H,38,42)/t28-,34-/m1/s1. The Balaban J connectivity index is 1.83. The molecule has 0 aliphatic carbocycles. The quantitative estimate of drug-likeness (QED) is 0.136. The number of benzene rings is 4. The number of para-hydroxylation sites is 2. The van der Waals surface area contributed by atoms with Crippen molar-refractivity contribution >= 4 is 39.3 Å². The van der Waals surface area contributed by atoms with Crippen LogP contribution in [0.4, 0.5) is 5.69 Å². The Kier molecular flexibility index (Phi) is 12.9. The molecule has 0 aromatic heterocycles. The number of amides is 2. The van der Waals surface area contributed by atoms with Gasteiger partial charge in [-0.05, 0) is 74.0 Å². The number of nitrogens with zero attached hydrogens (tertiary/aromatic N) is 2. The van der Waals surface area contributed by atoms with Crippen molar-refractivity contribution in [3.05, 3.63) is 120 Å². The Bertz CT molecular complexity index is 1700. The number of rotatable bonds is 16. The number of hydrogen-bond acceptors (Lipinski definition) is 6. The summed E-state index contributed by atoms with van der Waals surface area (Å²) in [6.45, 7) is 5.57. The molecular formula is C37H43N3O5S2. The van der Waals surface area contributed by atoms with Gasteiger partial charge in [0.05, 0.1) is 17.2 Å². The maximum Gasteiger partial charge on any atom is 0.264 e. The lowest BCUT2D eigenvalue weighted by Gasteiger charge is -2.34. The van der Waals surface area contributed by atoms with Gasteiger partial charge < -0.3 is 15.0 Å². The average Bonchev–Trinajstić information content (AvgIpc) is 3.09. The maximum atomic E-state index is 14.7. The first-order valence-electron chi connectivity index (χ1n) is 15.7. The first-order valence-corrected chi connectivity index (χ1v) is 18.4. The van der Waals surface area contributed by atoms with Crippen LogP contribution in [0.25, 0.3) is 0 Å². The number of carbonyl (C=O) groups is 2. The number of nitrogens with one attached hydrogen (secondary N) is 1. The highest BCUT2D eigenvalue weighted by molar-refractivity contribution is 7.98. The van der Waals surface area contributed by atoms with Crippen molar-refractivity contribution in [2.45, 2.75) is 62.0 Å². The second kappa shape index (κ2) is 17.0. The van der Waals surface area contributed by atoms with Crippen LogP contribution in [0.5, 0.6) is 5.75 Å². The van der Waals surface area contributed by atoms with Crippen LogP contribution in [-0.2, 0) is 32.6 Å². The highest BCUT2D eigenvalue weighted by Crippen LogP contribution is 2.33. The van der Waals surface area contributed by atoms with Crippen molar-refractivity contribution in [1.29, 1.82) is 0 Å². The van der Waals surface area contributed by atoms with Crippen molar-refractivity contribution in [3.8, 4) is 5.75 Å². The van der Waals surface area contributed by atoms with Gasteiger partial charge in [-0.3, -0.25) is 13.9 Å². The van der Waals surface area contributed by atoms with Crippen LogP contribution in [0, 0.1) is 0 Å². The van der Waals surface area contributed by atoms with Crippen LogP contribution >= 0.6 is 11.8 Å². The van der Waals surface area contributed by atoms with E-state index in [1.54, 1.807) is 48.5 Å². The lowest BCUT2D eigenvalue weighted by atomic mass is 10.0. The zero-order valence-corrected chi connectivity index (χ0v) is 29.0. The molecule has 4 rings (SSSR count). The molecule has 4 aromatic carbocycles. The fourth-order valence-electron chi connectivity index (χ4n) is 5.10. The molecule has 1 N–H and O–H groups in total. The molecular weight excluding hydrogens is 631 g/mol. The number of carbonyl (C=O) groups excluding carboxylic acids is 2. The highest BCUT2D eigenvalue weighted by Gasteiger charge is 2.35. The third-order valence-corrected chi connectivity index (χ3v) is 10.3. The number of thioether (sulfide) groups is 1. The second-order valence-corrected chi connectivity index (χ2v) is 13.9. The Morgan fingerprint density at radius 2 is 1.43 bits per heavy atom. The maximum absolute atomic E-state index is 14.7. The van der Waals surface area contributed by atoms with Crippen LogP contribution in [0.15, 0.2) is 119 Å². The molecule has 248 valence electrons. The van der Waals surface area contributed by atoms with E-state index in [0.717, 1.165) is 20.3 Å². The minimum atomic E-state index is -4.25. The minimum Gasteiger partial charge on any atom is -0.492 e. The van der Waals surface area contributed by atoms with E-state index in [-0.39, 0.29) is 35.5 Å². The predicted molar refractivity (Wildman–Crippen MR) is 189 cm³/mol. The molecule has 0 aliphatic rings. The zero-order chi connectivity index (χ0) is 33.8. The van der Waals surface area contributed by atoms with E-state index in [2.05, 4.69) is 5.32 Å². The second-order valence-electron chi connectivity index (χ2n) is 11.1. The van der Waals surface area contributed by atoms with E-state index in [9.17, 15) is 18.0 Å². The monoisotopic (exact) mass is 673 g/mol. The largest absolute Gasteiger partial charge is 0.492 e. The van der Waals surface area contributed by atoms with E-state index in [0.29, 0.717) is 18.8 Å². The van der Waals surface area contributed by atoms with Crippen molar-refractivity contribution in [3.63, 3.8) is 0 Å². The molecule has 0 heterocycles. The van der Waals surface area contributed by atoms with Gasteiger partial charge in [-0.15, -0.1) is 11.8 Å². The SMILES string of the molecule is CCOc1ccccc1N(CC(=O)N(Cc1ccccc1)[C@H](Cc1ccccc1)C(=O)N[C@H](C)CC)S(=O)(=O)c1ccc(SC)cc1. The predicted octanol–water partition coefficient (Wildman–Crippen LogP) is 6.56. The van der Waals surface area contributed by atoms with Gasteiger partial charge in [0.15, 0.2) is 0 Å². The molecule has 0 aliphatic heterocycles. The Labute approximate surface area is 283 Å². The number of anilines is 1. The molecule has 2 amide bonds. The Morgan fingerprint density at radius 3 is 2.02 bits per heavy atom. The van der Waals surface area contributed by atoms with Crippen molar-refractivity contribution in [1.82, 2.24) is 10.2 Å². The Morgan fingerprint density at radius 1 is 0.830 bits per heavy atom. The summed E-state index contributed by atoms with van der Waals surface area (Å²) in [5.41, 5.74) is 1.93. The lowest BCUT2D eigenvalue weighted by Crippen LogP contribution is -2.54. The average molecular weight is 674 g/mol. The summed E-state index contributed by atoms with van der Waals surface area (Å²) in [5.74, 6) is -0.494. The topological polar surface area (TPSA) is 96.0 Å². The summed E-state index contributed by atoms with van der Waals surface area (Å²) in [6, 6.07) is 31.2. The fraction of sp³-hybridized carbons (Fsp3) is 0.297. The molecule has 4 aromatic rings. The molecule has 0 unspecified atom stereocenters. The van der Waals surface area contributed by atoms with Crippen LogP contribution in [0.1, 0.15) is 38.3 Å². The van der Waals surface area contributed by atoms with Gasteiger partial charge in [0.25, 0.3) is 10.0 Å². The van der Waals surface area contributed by atoms with Crippen LogP contribution < -0.4 is 14.4 Å². The van der Waals surface area contributed by atoms with Gasteiger partial charge in [0.2, 0.25) is 11.8 Å². The first-order chi connectivity index (χ1) is 22.7. The summed E-state index contributed by atoms with van der Waals surface area (Å²) in [5, 5.41) is 3.06. The molecule has 0 spiro atoms. The molecule has 0 saturated heterocycles. The molecule has 8 nitrogen and oxygen atoms in total. The van der Waals surface area contributed by atoms with Gasteiger partial charge in [-0.25, -0.2) is 8.42 Å². The third-order valence-electron chi connectivity index (χ3n) is 7.83. The van der Waals surface area contributed by atoms with E-state index in [1.807, 2.05) is 87.7 Å².